The Morgan fingerprint density at radius 1 is 1.47 bits per heavy atom. The lowest BCUT2D eigenvalue weighted by atomic mass is 10.3. The van der Waals surface area contributed by atoms with Gasteiger partial charge in [-0.1, -0.05) is 19.1 Å². The summed E-state index contributed by atoms with van der Waals surface area (Å²) >= 11 is 0. The summed E-state index contributed by atoms with van der Waals surface area (Å²) in [6, 6.07) is 7.41. The number of carbonyl (C=O) groups excluding carboxylic acids is 1. The van der Waals surface area contributed by atoms with Gasteiger partial charge in [0.05, 0.1) is 0 Å². The number of ether oxygens (including phenoxy) is 2. The van der Waals surface area contributed by atoms with Gasteiger partial charge in [0.15, 0.2) is 11.5 Å². The zero-order chi connectivity index (χ0) is 10.7. The summed E-state index contributed by atoms with van der Waals surface area (Å²) in [5.41, 5.74) is 0. The fraction of sp³-hybridized carbons (Fsp3) is 0.364. The van der Waals surface area contributed by atoms with Gasteiger partial charge in [0.1, 0.15) is 6.61 Å². The molecule has 0 saturated heterocycles. The van der Waals surface area contributed by atoms with Crippen molar-refractivity contribution in [2.45, 2.75) is 19.6 Å². The molecule has 0 spiro atoms. The molecule has 0 radical (unpaired) electrons. The van der Waals surface area contributed by atoms with Crippen LogP contribution in [0, 0.1) is 0 Å². The Morgan fingerprint density at radius 2 is 2.20 bits per heavy atom. The molecule has 0 fully saturated rings. The molecule has 1 aliphatic heterocycles. The van der Waals surface area contributed by atoms with Crippen LogP contribution in [0.4, 0.5) is 0 Å². The van der Waals surface area contributed by atoms with Gasteiger partial charge in [-0.3, -0.25) is 4.79 Å². The maximum atomic E-state index is 11.1. The van der Waals surface area contributed by atoms with Crippen molar-refractivity contribution in [3.8, 4) is 11.5 Å². The van der Waals surface area contributed by atoms with Gasteiger partial charge in [-0.15, -0.1) is 0 Å². The molecule has 0 saturated carbocycles. The van der Waals surface area contributed by atoms with E-state index in [1.807, 2.05) is 24.3 Å². The molecule has 1 aromatic carbocycles. The van der Waals surface area contributed by atoms with Gasteiger partial charge in [0.2, 0.25) is 12.1 Å². The van der Waals surface area contributed by atoms with Crippen molar-refractivity contribution >= 4 is 5.91 Å². The highest BCUT2D eigenvalue weighted by Crippen LogP contribution is 2.30. The Hall–Kier alpha value is -1.71. The van der Waals surface area contributed by atoms with Gasteiger partial charge < -0.3 is 14.8 Å². The van der Waals surface area contributed by atoms with Crippen LogP contribution in [0.5, 0.6) is 11.5 Å². The van der Waals surface area contributed by atoms with E-state index >= 15 is 0 Å². The van der Waals surface area contributed by atoms with Gasteiger partial charge in [-0.2, -0.15) is 0 Å². The third kappa shape index (κ3) is 2.21. The normalized spacial score (nSPS) is 18.3. The van der Waals surface area contributed by atoms with E-state index in [-0.39, 0.29) is 12.1 Å². The number of amides is 1. The number of rotatable bonds is 2. The number of para-hydroxylation sites is 2. The fourth-order valence-electron chi connectivity index (χ4n) is 1.37. The summed E-state index contributed by atoms with van der Waals surface area (Å²) in [7, 11) is 0. The van der Waals surface area contributed by atoms with Crippen LogP contribution in [-0.2, 0) is 4.79 Å². The lowest BCUT2D eigenvalue weighted by Gasteiger charge is -2.26. The molecule has 4 nitrogen and oxygen atoms in total. The Bertz CT molecular complexity index is 365. The summed E-state index contributed by atoms with van der Waals surface area (Å²) in [5.74, 6) is 1.35. The standard InChI is InChI=1S/C11H13NO3/c1-2-10(13)12-11-7-14-8-5-3-4-6-9(8)15-11/h3-6,11H,2,7H2,1H3,(H,12,13). The molecule has 0 aliphatic carbocycles. The minimum Gasteiger partial charge on any atom is -0.484 e. The molecule has 1 aromatic rings. The number of hydrogen-bond donors (Lipinski definition) is 1. The first kappa shape index (κ1) is 9.83. The van der Waals surface area contributed by atoms with E-state index in [0.717, 1.165) is 5.75 Å². The Labute approximate surface area is 88.2 Å². The van der Waals surface area contributed by atoms with Crippen LogP contribution in [0.3, 0.4) is 0 Å². The van der Waals surface area contributed by atoms with Gasteiger partial charge in [0.25, 0.3) is 0 Å². The molecule has 1 heterocycles. The van der Waals surface area contributed by atoms with E-state index < -0.39 is 0 Å². The number of fused-ring (bicyclic) bond motifs is 1. The smallest absolute Gasteiger partial charge is 0.222 e. The molecule has 0 bridgehead atoms. The maximum absolute atomic E-state index is 11.1. The number of benzene rings is 1. The van der Waals surface area contributed by atoms with Gasteiger partial charge in [-0.25, -0.2) is 0 Å². The third-order valence-corrected chi connectivity index (χ3v) is 2.15. The van der Waals surface area contributed by atoms with E-state index in [1.165, 1.54) is 0 Å². The highest BCUT2D eigenvalue weighted by atomic mass is 16.6. The highest BCUT2D eigenvalue weighted by molar-refractivity contribution is 5.75. The van der Waals surface area contributed by atoms with Crippen LogP contribution >= 0.6 is 0 Å². The first-order chi connectivity index (χ1) is 7.29. The molecular weight excluding hydrogens is 194 g/mol. The van der Waals surface area contributed by atoms with Crippen LogP contribution in [0.1, 0.15) is 13.3 Å². The monoisotopic (exact) mass is 207 g/mol. The minimum absolute atomic E-state index is 0.0389. The van der Waals surface area contributed by atoms with Crippen molar-refractivity contribution in [2.24, 2.45) is 0 Å². The van der Waals surface area contributed by atoms with Crippen molar-refractivity contribution in [2.75, 3.05) is 6.61 Å². The molecule has 1 N–H and O–H groups in total. The molecule has 1 amide bonds. The van der Waals surface area contributed by atoms with E-state index in [9.17, 15) is 4.79 Å². The highest BCUT2D eigenvalue weighted by Gasteiger charge is 2.21. The van der Waals surface area contributed by atoms with Crippen molar-refractivity contribution in [1.82, 2.24) is 5.32 Å². The van der Waals surface area contributed by atoms with Crippen LogP contribution < -0.4 is 14.8 Å². The largest absolute Gasteiger partial charge is 0.484 e. The second-order valence-electron chi connectivity index (χ2n) is 3.29. The zero-order valence-corrected chi connectivity index (χ0v) is 8.53. The third-order valence-electron chi connectivity index (χ3n) is 2.15. The Morgan fingerprint density at radius 3 is 2.93 bits per heavy atom. The lowest BCUT2D eigenvalue weighted by molar-refractivity contribution is -0.124. The predicted molar refractivity (Wildman–Crippen MR) is 54.8 cm³/mol. The summed E-state index contributed by atoms with van der Waals surface area (Å²) in [6.45, 7) is 2.15. The van der Waals surface area contributed by atoms with Crippen molar-refractivity contribution < 1.29 is 14.3 Å². The molecule has 1 atom stereocenters. The van der Waals surface area contributed by atoms with Crippen LogP contribution in [0.25, 0.3) is 0 Å². The van der Waals surface area contributed by atoms with Crippen molar-refractivity contribution in [3.63, 3.8) is 0 Å². The molecule has 1 unspecified atom stereocenters. The predicted octanol–water partition coefficient (Wildman–Crippen LogP) is 1.31. The molecule has 1 aliphatic rings. The minimum atomic E-state index is -0.382. The van der Waals surface area contributed by atoms with E-state index in [0.29, 0.717) is 18.8 Å². The van der Waals surface area contributed by atoms with Crippen molar-refractivity contribution in [3.05, 3.63) is 24.3 Å². The average molecular weight is 207 g/mol. The van der Waals surface area contributed by atoms with Crippen LogP contribution in [-0.4, -0.2) is 18.7 Å². The molecule has 80 valence electrons. The molecule has 2 rings (SSSR count). The average Bonchev–Trinajstić information content (AvgIpc) is 2.29. The first-order valence-electron chi connectivity index (χ1n) is 4.97. The number of hydrogen-bond acceptors (Lipinski definition) is 3. The molecule has 15 heavy (non-hydrogen) atoms. The topological polar surface area (TPSA) is 47.6 Å². The second-order valence-corrected chi connectivity index (χ2v) is 3.29. The number of nitrogens with one attached hydrogen (secondary N) is 1. The van der Waals surface area contributed by atoms with Gasteiger partial charge in [-0.05, 0) is 12.1 Å². The van der Waals surface area contributed by atoms with E-state index in [1.54, 1.807) is 6.92 Å². The van der Waals surface area contributed by atoms with Gasteiger partial charge >= 0.3 is 0 Å². The van der Waals surface area contributed by atoms with Crippen molar-refractivity contribution in [1.29, 1.82) is 0 Å². The lowest BCUT2D eigenvalue weighted by Crippen LogP contribution is -2.44. The van der Waals surface area contributed by atoms with Crippen LogP contribution in [0.2, 0.25) is 0 Å². The molecule has 0 aromatic heterocycles. The quantitative estimate of drug-likeness (QED) is 0.795. The van der Waals surface area contributed by atoms with Crippen LogP contribution in [0.15, 0.2) is 24.3 Å². The maximum Gasteiger partial charge on any atom is 0.222 e. The molecule has 4 heteroatoms. The summed E-state index contributed by atoms with van der Waals surface area (Å²) in [4.78, 5) is 11.1. The molecular formula is C11H13NO3. The van der Waals surface area contributed by atoms with E-state index in [4.69, 9.17) is 9.47 Å². The SMILES string of the molecule is CCC(=O)NC1COc2ccccc2O1. The zero-order valence-electron chi connectivity index (χ0n) is 8.53. The summed E-state index contributed by atoms with van der Waals surface area (Å²) < 4.78 is 11.0. The first-order valence-corrected chi connectivity index (χ1v) is 4.97. The second kappa shape index (κ2) is 4.21. The Balaban J connectivity index is 2.02. The van der Waals surface area contributed by atoms with Gasteiger partial charge in [0, 0.05) is 6.42 Å². The number of carbonyl (C=O) groups is 1. The fourth-order valence-corrected chi connectivity index (χ4v) is 1.37. The Kier molecular flexibility index (Phi) is 2.76. The summed E-state index contributed by atoms with van der Waals surface area (Å²) in [5, 5.41) is 2.72. The summed E-state index contributed by atoms with van der Waals surface area (Å²) in [6.07, 6.45) is 0.0639. The van der Waals surface area contributed by atoms with E-state index in [2.05, 4.69) is 5.32 Å².